The van der Waals surface area contributed by atoms with Gasteiger partial charge in [0, 0.05) is 6.92 Å². The minimum atomic E-state index is -1.67. The van der Waals surface area contributed by atoms with Crippen LogP contribution in [0.5, 0.6) is 0 Å². The van der Waals surface area contributed by atoms with E-state index in [1.165, 1.54) is 16.7 Å². The van der Waals surface area contributed by atoms with Crippen LogP contribution in [-0.4, -0.2) is 14.1 Å². The molecule has 100 valence electrons. The Balaban J connectivity index is 3.34. The third-order valence-electron chi connectivity index (χ3n) is 2.80. The molecule has 0 spiro atoms. The van der Waals surface area contributed by atoms with Gasteiger partial charge < -0.3 is 4.67 Å². The van der Waals surface area contributed by atoms with Gasteiger partial charge in [-0.25, -0.2) is 0 Å². The van der Waals surface area contributed by atoms with Crippen molar-refractivity contribution in [3.8, 4) is 0 Å². The summed E-state index contributed by atoms with van der Waals surface area (Å²) in [4.78, 5) is 11.4. The van der Waals surface area contributed by atoms with E-state index in [2.05, 4.69) is 62.6 Å². The fraction of sp³-hybridized carbons (Fsp3) is 0.500. The molecule has 18 heavy (non-hydrogen) atoms. The zero-order chi connectivity index (χ0) is 14.1. The van der Waals surface area contributed by atoms with E-state index >= 15 is 0 Å². The Morgan fingerprint density at radius 2 is 1.56 bits per heavy atom. The van der Waals surface area contributed by atoms with E-state index in [0.717, 1.165) is 5.69 Å². The Morgan fingerprint density at radius 1 is 1.11 bits per heavy atom. The summed E-state index contributed by atoms with van der Waals surface area (Å²) >= 11 is 0. The van der Waals surface area contributed by atoms with E-state index in [4.69, 9.17) is 0 Å². The summed E-state index contributed by atoms with van der Waals surface area (Å²) in [5.74, 6) is -0.0169. The molecule has 0 aliphatic carbocycles. The third-order valence-corrected chi connectivity index (χ3v) is 4.48. The highest BCUT2D eigenvalue weighted by Gasteiger charge is 2.27. The summed E-state index contributed by atoms with van der Waals surface area (Å²) < 4.78 is 2.10. The van der Waals surface area contributed by atoms with Crippen LogP contribution in [0.15, 0.2) is 12.1 Å². The Kier molecular flexibility index (Phi) is 4.22. The lowest BCUT2D eigenvalue weighted by atomic mass is 10.1. The molecular weight excluding hydrogens is 240 g/mol. The first-order chi connectivity index (χ1) is 8.12. The molecule has 0 saturated heterocycles. The highest BCUT2D eigenvalue weighted by atomic mass is 28.3. The molecular formula is C14H24N2OSi. The number of rotatable bonds is 3. The number of hydrogen-bond donors (Lipinski definition) is 1. The van der Waals surface area contributed by atoms with Crippen molar-refractivity contribution in [2.45, 2.75) is 47.3 Å². The number of anilines is 1. The highest BCUT2D eigenvalue weighted by molar-refractivity contribution is 6.79. The zero-order valence-corrected chi connectivity index (χ0v) is 13.5. The Hall–Kier alpha value is -1.29. The molecule has 0 aromatic heterocycles. The number of amides is 1. The number of carbonyl (C=O) groups excluding carboxylic acids is 1. The predicted molar refractivity (Wildman–Crippen MR) is 80.3 cm³/mol. The number of nitrogens with one attached hydrogen (secondary N) is 1. The van der Waals surface area contributed by atoms with Gasteiger partial charge in [0.1, 0.15) is 0 Å². The number of nitrogens with zero attached hydrogens (tertiary/aromatic N) is 1. The first-order valence-electron chi connectivity index (χ1n) is 6.28. The summed E-state index contributed by atoms with van der Waals surface area (Å²) in [6.45, 7) is 14.5. The minimum Gasteiger partial charge on any atom is -0.314 e. The first-order valence-corrected chi connectivity index (χ1v) is 9.73. The lowest BCUT2D eigenvalue weighted by molar-refractivity contribution is -0.118. The van der Waals surface area contributed by atoms with E-state index in [1.54, 1.807) is 6.92 Å². The molecule has 4 heteroatoms. The normalized spacial score (nSPS) is 11.3. The van der Waals surface area contributed by atoms with Crippen LogP contribution in [0.2, 0.25) is 19.6 Å². The fourth-order valence-electron chi connectivity index (χ4n) is 2.24. The molecule has 1 rings (SSSR count). The van der Waals surface area contributed by atoms with E-state index < -0.39 is 8.24 Å². The van der Waals surface area contributed by atoms with Crippen LogP contribution in [0.1, 0.15) is 23.6 Å². The quantitative estimate of drug-likeness (QED) is 0.671. The maximum atomic E-state index is 11.4. The fourth-order valence-corrected chi connectivity index (χ4v) is 3.76. The second-order valence-corrected chi connectivity index (χ2v) is 10.7. The Morgan fingerprint density at radius 3 is 1.89 bits per heavy atom. The van der Waals surface area contributed by atoms with Crippen LogP contribution in [0.3, 0.4) is 0 Å². The topological polar surface area (TPSA) is 32.3 Å². The summed E-state index contributed by atoms with van der Waals surface area (Å²) in [6.07, 6.45) is 0. The number of carbonyl (C=O) groups is 1. The van der Waals surface area contributed by atoms with Crippen molar-refractivity contribution in [2.24, 2.45) is 0 Å². The molecule has 0 unspecified atom stereocenters. The minimum absolute atomic E-state index is 0.0169. The number of benzene rings is 1. The van der Waals surface area contributed by atoms with Crippen LogP contribution in [-0.2, 0) is 4.79 Å². The van der Waals surface area contributed by atoms with Crippen LogP contribution >= 0.6 is 0 Å². The summed E-state index contributed by atoms with van der Waals surface area (Å²) in [6, 6.07) is 4.33. The number of hydrogen-bond acceptors (Lipinski definition) is 2. The van der Waals surface area contributed by atoms with Crippen molar-refractivity contribution >= 4 is 19.8 Å². The van der Waals surface area contributed by atoms with Crippen molar-refractivity contribution in [2.75, 3.05) is 4.67 Å². The van der Waals surface area contributed by atoms with Gasteiger partial charge in [0.05, 0.1) is 5.69 Å². The van der Waals surface area contributed by atoms with Crippen LogP contribution in [0.4, 0.5) is 5.69 Å². The van der Waals surface area contributed by atoms with Crippen molar-refractivity contribution < 1.29 is 4.79 Å². The van der Waals surface area contributed by atoms with Crippen LogP contribution in [0, 0.1) is 20.8 Å². The molecule has 0 saturated carbocycles. The maximum Gasteiger partial charge on any atom is 0.234 e. The Labute approximate surface area is 111 Å². The second-order valence-electron chi connectivity index (χ2n) is 5.92. The second kappa shape index (κ2) is 5.14. The molecule has 0 fully saturated rings. The van der Waals surface area contributed by atoms with Crippen molar-refractivity contribution in [1.29, 1.82) is 0 Å². The third kappa shape index (κ3) is 3.35. The number of aryl methyl sites for hydroxylation is 3. The largest absolute Gasteiger partial charge is 0.314 e. The van der Waals surface area contributed by atoms with Crippen LogP contribution in [0.25, 0.3) is 0 Å². The molecule has 0 bridgehead atoms. The average molecular weight is 264 g/mol. The van der Waals surface area contributed by atoms with Gasteiger partial charge >= 0.3 is 0 Å². The monoisotopic (exact) mass is 264 g/mol. The smallest absolute Gasteiger partial charge is 0.234 e. The van der Waals surface area contributed by atoms with Gasteiger partial charge in [-0.05, 0) is 51.5 Å². The lowest BCUT2D eigenvalue weighted by Crippen LogP contribution is -2.56. The molecule has 0 heterocycles. The van der Waals surface area contributed by atoms with Gasteiger partial charge in [-0.15, -0.1) is 0 Å². The summed E-state index contributed by atoms with van der Waals surface area (Å²) in [5.41, 5.74) is 7.82. The van der Waals surface area contributed by atoms with E-state index in [1.807, 2.05) is 0 Å². The molecule has 0 atom stereocenters. The lowest BCUT2D eigenvalue weighted by Gasteiger charge is -2.38. The van der Waals surface area contributed by atoms with Gasteiger partial charge in [-0.1, -0.05) is 17.7 Å². The zero-order valence-electron chi connectivity index (χ0n) is 12.5. The van der Waals surface area contributed by atoms with Gasteiger partial charge in [-0.2, -0.15) is 0 Å². The molecule has 1 aromatic carbocycles. The molecule has 1 N–H and O–H groups in total. The van der Waals surface area contributed by atoms with E-state index in [-0.39, 0.29) is 5.91 Å². The predicted octanol–water partition coefficient (Wildman–Crippen LogP) is 3.30. The Bertz CT molecular complexity index is 440. The van der Waals surface area contributed by atoms with Gasteiger partial charge in [0.2, 0.25) is 5.91 Å². The van der Waals surface area contributed by atoms with Crippen LogP contribution < -0.4 is 10.1 Å². The van der Waals surface area contributed by atoms with Gasteiger partial charge in [0.25, 0.3) is 0 Å². The van der Waals surface area contributed by atoms with Crippen molar-refractivity contribution in [3.63, 3.8) is 0 Å². The van der Waals surface area contributed by atoms with E-state index in [0.29, 0.717) is 0 Å². The number of hydrazine groups is 1. The molecule has 0 aliphatic rings. The molecule has 1 aromatic rings. The SMILES string of the molecule is CC(=O)NN(c1c(C)cc(C)cc1C)[Si](C)(C)C. The molecule has 0 radical (unpaired) electrons. The summed E-state index contributed by atoms with van der Waals surface area (Å²) in [7, 11) is -1.67. The molecule has 1 amide bonds. The van der Waals surface area contributed by atoms with Crippen molar-refractivity contribution in [1.82, 2.24) is 5.43 Å². The summed E-state index contributed by atoms with van der Waals surface area (Å²) in [5, 5.41) is 0. The highest BCUT2D eigenvalue weighted by Crippen LogP contribution is 2.28. The van der Waals surface area contributed by atoms with Crippen molar-refractivity contribution in [3.05, 3.63) is 28.8 Å². The average Bonchev–Trinajstić information content (AvgIpc) is 2.12. The van der Waals surface area contributed by atoms with Gasteiger partial charge in [0.15, 0.2) is 8.24 Å². The van der Waals surface area contributed by atoms with Gasteiger partial charge in [-0.3, -0.25) is 10.2 Å². The van der Waals surface area contributed by atoms with E-state index in [9.17, 15) is 4.79 Å². The standard InChI is InChI=1S/C14H24N2OSi/c1-10-8-11(2)14(12(3)9-10)16(15-13(4)17)18(5,6)7/h8-9H,1-7H3,(H,15,17). The molecule has 0 aliphatic heterocycles. The maximum absolute atomic E-state index is 11.4. The molecule has 3 nitrogen and oxygen atoms in total. The first kappa shape index (κ1) is 14.8.